The standard InChI is InChI=1S/C12H16/c1-4-5-6-12-8-7-10(2)11(3)9-12/h4-5,7-9H,6H2,1-3H3/b5-4+. The fourth-order valence-electron chi connectivity index (χ4n) is 1.18. The highest BCUT2D eigenvalue weighted by Crippen LogP contribution is 2.10. The normalized spacial score (nSPS) is 10.9. The SMILES string of the molecule is C/C=C/Cc1ccc(C)c(C)c1. The lowest BCUT2D eigenvalue weighted by Crippen LogP contribution is -1.85. The van der Waals surface area contributed by atoms with Crippen molar-refractivity contribution in [3.63, 3.8) is 0 Å². The van der Waals surface area contributed by atoms with Gasteiger partial charge in [0.2, 0.25) is 0 Å². The largest absolute Gasteiger partial charge is 0.0913 e. The van der Waals surface area contributed by atoms with E-state index in [2.05, 4.69) is 51.1 Å². The van der Waals surface area contributed by atoms with Crippen molar-refractivity contribution in [3.05, 3.63) is 47.0 Å². The van der Waals surface area contributed by atoms with E-state index < -0.39 is 0 Å². The molecule has 0 unspecified atom stereocenters. The van der Waals surface area contributed by atoms with Gasteiger partial charge in [0, 0.05) is 0 Å². The van der Waals surface area contributed by atoms with Crippen LogP contribution >= 0.6 is 0 Å². The highest BCUT2D eigenvalue weighted by molar-refractivity contribution is 5.30. The third kappa shape index (κ3) is 2.23. The zero-order valence-electron chi connectivity index (χ0n) is 8.09. The molecule has 0 saturated carbocycles. The Balaban J connectivity index is 2.82. The molecule has 0 aliphatic rings. The molecular formula is C12H16. The molecule has 0 bridgehead atoms. The number of hydrogen-bond acceptors (Lipinski definition) is 0. The van der Waals surface area contributed by atoms with Crippen LogP contribution in [-0.2, 0) is 6.42 Å². The van der Waals surface area contributed by atoms with Gasteiger partial charge < -0.3 is 0 Å². The van der Waals surface area contributed by atoms with Crippen LogP contribution in [0.5, 0.6) is 0 Å². The van der Waals surface area contributed by atoms with Crippen LogP contribution in [0.25, 0.3) is 0 Å². The van der Waals surface area contributed by atoms with Gasteiger partial charge in [-0.05, 0) is 43.9 Å². The van der Waals surface area contributed by atoms with Gasteiger partial charge >= 0.3 is 0 Å². The van der Waals surface area contributed by atoms with Crippen molar-refractivity contribution in [1.82, 2.24) is 0 Å². The van der Waals surface area contributed by atoms with E-state index in [1.807, 2.05) is 0 Å². The molecule has 64 valence electrons. The predicted molar refractivity (Wildman–Crippen MR) is 54.4 cm³/mol. The number of rotatable bonds is 2. The molecule has 0 heterocycles. The van der Waals surface area contributed by atoms with E-state index >= 15 is 0 Å². The van der Waals surface area contributed by atoms with Gasteiger partial charge in [-0.3, -0.25) is 0 Å². The molecule has 12 heavy (non-hydrogen) atoms. The van der Waals surface area contributed by atoms with Crippen LogP contribution in [0.1, 0.15) is 23.6 Å². The van der Waals surface area contributed by atoms with E-state index in [0.717, 1.165) is 6.42 Å². The molecule has 0 aliphatic heterocycles. The average molecular weight is 160 g/mol. The number of allylic oxidation sites excluding steroid dienone is 2. The van der Waals surface area contributed by atoms with Crippen LogP contribution in [0.3, 0.4) is 0 Å². The summed E-state index contributed by atoms with van der Waals surface area (Å²) in [6, 6.07) is 6.64. The predicted octanol–water partition coefficient (Wildman–Crippen LogP) is 3.42. The minimum atomic E-state index is 1.05. The summed E-state index contributed by atoms with van der Waals surface area (Å²) >= 11 is 0. The monoisotopic (exact) mass is 160 g/mol. The first-order valence-electron chi connectivity index (χ1n) is 4.41. The van der Waals surface area contributed by atoms with Crippen molar-refractivity contribution in [2.75, 3.05) is 0 Å². The Morgan fingerprint density at radius 1 is 1.17 bits per heavy atom. The highest BCUT2D eigenvalue weighted by Gasteiger charge is 1.93. The second-order valence-electron chi connectivity index (χ2n) is 3.19. The molecule has 1 aromatic carbocycles. The molecule has 0 nitrogen and oxygen atoms in total. The Bertz CT molecular complexity index is 282. The fourth-order valence-corrected chi connectivity index (χ4v) is 1.18. The summed E-state index contributed by atoms with van der Waals surface area (Å²) in [5.41, 5.74) is 4.16. The average Bonchev–Trinajstić information content (AvgIpc) is 2.07. The van der Waals surface area contributed by atoms with Crippen LogP contribution in [0.2, 0.25) is 0 Å². The van der Waals surface area contributed by atoms with Crippen molar-refractivity contribution >= 4 is 0 Å². The zero-order chi connectivity index (χ0) is 8.97. The van der Waals surface area contributed by atoms with Gasteiger partial charge in [0.05, 0.1) is 0 Å². The first-order chi connectivity index (χ1) is 5.74. The maximum Gasteiger partial charge on any atom is -0.00975 e. The number of aryl methyl sites for hydroxylation is 2. The van der Waals surface area contributed by atoms with Crippen molar-refractivity contribution in [2.24, 2.45) is 0 Å². The Morgan fingerprint density at radius 2 is 1.92 bits per heavy atom. The lowest BCUT2D eigenvalue weighted by Gasteiger charge is -2.01. The van der Waals surface area contributed by atoms with Crippen LogP contribution in [-0.4, -0.2) is 0 Å². The van der Waals surface area contributed by atoms with Crippen LogP contribution in [0.15, 0.2) is 30.4 Å². The van der Waals surface area contributed by atoms with Gasteiger partial charge in [-0.25, -0.2) is 0 Å². The minimum Gasteiger partial charge on any atom is -0.0913 e. The van der Waals surface area contributed by atoms with Gasteiger partial charge in [0.25, 0.3) is 0 Å². The molecular weight excluding hydrogens is 144 g/mol. The zero-order valence-corrected chi connectivity index (χ0v) is 8.09. The van der Waals surface area contributed by atoms with Gasteiger partial charge in [-0.15, -0.1) is 0 Å². The summed E-state index contributed by atoms with van der Waals surface area (Å²) in [5.74, 6) is 0. The summed E-state index contributed by atoms with van der Waals surface area (Å²) in [7, 11) is 0. The van der Waals surface area contributed by atoms with Crippen molar-refractivity contribution in [1.29, 1.82) is 0 Å². The Kier molecular flexibility index (Phi) is 3.09. The van der Waals surface area contributed by atoms with E-state index in [1.165, 1.54) is 16.7 Å². The summed E-state index contributed by atoms with van der Waals surface area (Å²) in [5, 5.41) is 0. The molecule has 1 aromatic rings. The van der Waals surface area contributed by atoms with Gasteiger partial charge in [-0.2, -0.15) is 0 Å². The summed E-state index contributed by atoms with van der Waals surface area (Å²) in [6.45, 7) is 6.37. The Morgan fingerprint density at radius 3 is 2.50 bits per heavy atom. The maximum atomic E-state index is 2.26. The molecule has 0 amide bonds. The van der Waals surface area contributed by atoms with Crippen molar-refractivity contribution in [2.45, 2.75) is 27.2 Å². The van der Waals surface area contributed by atoms with Gasteiger partial charge in [0.15, 0.2) is 0 Å². The quantitative estimate of drug-likeness (QED) is 0.581. The van der Waals surface area contributed by atoms with Crippen LogP contribution < -0.4 is 0 Å². The van der Waals surface area contributed by atoms with E-state index in [-0.39, 0.29) is 0 Å². The number of benzene rings is 1. The first-order valence-corrected chi connectivity index (χ1v) is 4.41. The lowest BCUT2D eigenvalue weighted by molar-refractivity contribution is 1.22. The molecule has 0 heteroatoms. The van der Waals surface area contributed by atoms with Crippen molar-refractivity contribution in [3.8, 4) is 0 Å². The van der Waals surface area contributed by atoms with Crippen LogP contribution in [0, 0.1) is 13.8 Å². The fraction of sp³-hybridized carbons (Fsp3) is 0.333. The smallest absolute Gasteiger partial charge is 0.00975 e. The van der Waals surface area contributed by atoms with E-state index in [4.69, 9.17) is 0 Å². The molecule has 1 rings (SSSR count). The molecule has 0 atom stereocenters. The molecule has 0 N–H and O–H groups in total. The second-order valence-corrected chi connectivity index (χ2v) is 3.19. The summed E-state index contributed by atoms with van der Waals surface area (Å²) in [4.78, 5) is 0. The molecule has 0 fully saturated rings. The topological polar surface area (TPSA) is 0 Å². The Hall–Kier alpha value is -1.04. The number of hydrogen-bond donors (Lipinski definition) is 0. The van der Waals surface area contributed by atoms with Gasteiger partial charge in [0.1, 0.15) is 0 Å². The van der Waals surface area contributed by atoms with Gasteiger partial charge in [-0.1, -0.05) is 30.4 Å². The Labute approximate surface area is 74.9 Å². The third-order valence-corrected chi connectivity index (χ3v) is 2.16. The molecule has 0 aromatic heterocycles. The summed E-state index contributed by atoms with van der Waals surface area (Å²) < 4.78 is 0. The highest BCUT2D eigenvalue weighted by atomic mass is 14.0. The molecule has 0 aliphatic carbocycles. The minimum absolute atomic E-state index is 1.05. The molecule has 0 spiro atoms. The van der Waals surface area contributed by atoms with E-state index in [9.17, 15) is 0 Å². The third-order valence-electron chi connectivity index (χ3n) is 2.16. The summed E-state index contributed by atoms with van der Waals surface area (Å²) in [6.07, 6.45) is 5.33. The second kappa shape index (κ2) is 4.10. The molecule has 0 saturated heterocycles. The van der Waals surface area contributed by atoms with Crippen molar-refractivity contribution < 1.29 is 0 Å². The molecule has 0 radical (unpaired) electrons. The van der Waals surface area contributed by atoms with E-state index in [0.29, 0.717) is 0 Å². The first kappa shape index (κ1) is 9.05. The lowest BCUT2D eigenvalue weighted by atomic mass is 10.0. The van der Waals surface area contributed by atoms with E-state index in [1.54, 1.807) is 0 Å². The maximum absolute atomic E-state index is 2.26. The van der Waals surface area contributed by atoms with Crippen LogP contribution in [0.4, 0.5) is 0 Å².